The average molecular weight is 262 g/mol. The molecule has 19 heavy (non-hydrogen) atoms. The van der Waals surface area contributed by atoms with Gasteiger partial charge in [-0.05, 0) is 17.5 Å². The molecule has 1 aromatic carbocycles. The zero-order valence-electron chi connectivity index (χ0n) is 12.1. The second-order valence-corrected chi connectivity index (χ2v) is 5.92. The standard InChI is InChI=1S/C16H22O3/c1-5-14(19-11(2)17)15(3,4)16(18)10-12-8-6-7-9-13(12)16/h6-9,14,18H,5,10H2,1-4H3/t14-,16-/m1/s1. The third kappa shape index (κ3) is 2.06. The summed E-state index contributed by atoms with van der Waals surface area (Å²) in [5.41, 5.74) is 0.711. The average Bonchev–Trinajstić information content (AvgIpc) is 2.33. The lowest BCUT2D eigenvalue weighted by atomic mass is 9.57. The fourth-order valence-electron chi connectivity index (χ4n) is 3.12. The van der Waals surface area contributed by atoms with Crippen LogP contribution in [0.2, 0.25) is 0 Å². The number of esters is 1. The van der Waals surface area contributed by atoms with Gasteiger partial charge in [-0.2, -0.15) is 0 Å². The Morgan fingerprint density at radius 3 is 2.63 bits per heavy atom. The number of hydrogen-bond acceptors (Lipinski definition) is 3. The lowest BCUT2D eigenvalue weighted by Gasteiger charge is -2.52. The van der Waals surface area contributed by atoms with Crippen LogP contribution in [-0.2, 0) is 21.6 Å². The number of hydrogen-bond donors (Lipinski definition) is 1. The normalized spacial score (nSPS) is 23.2. The van der Waals surface area contributed by atoms with E-state index in [1.54, 1.807) is 0 Å². The van der Waals surface area contributed by atoms with E-state index >= 15 is 0 Å². The molecule has 0 heterocycles. The molecule has 0 radical (unpaired) electrons. The summed E-state index contributed by atoms with van der Waals surface area (Å²) in [6.45, 7) is 7.33. The zero-order chi connectivity index (χ0) is 14.3. The van der Waals surface area contributed by atoms with E-state index in [0.29, 0.717) is 12.8 Å². The van der Waals surface area contributed by atoms with Crippen molar-refractivity contribution in [3.63, 3.8) is 0 Å². The molecule has 104 valence electrons. The van der Waals surface area contributed by atoms with E-state index in [-0.39, 0.29) is 12.1 Å². The van der Waals surface area contributed by atoms with Gasteiger partial charge in [0.05, 0.1) is 0 Å². The van der Waals surface area contributed by atoms with Crippen LogP contribution in [0, 0.1) is 5.41 Å². The Kier molecular flexibility index (Phi) is 3.43. The highest BCUT2D eigenvalue weighted by molar-refractivity contribution is 5.66. The monoisotopic (exact) mass is 262 g/mol. The van der Waals surface area contributed by atoms with E-state index in [1.165, 1.54) is 12.5 Å². The maximum Gasteiger partial charge on any atom is 0.302 e. The second kappa shape index (κ2) is 4.64. The van der Waals surface area contributed by atoms with Crippen LogP contribution in [0.5, 0.6) is 0 Å². The molecular formula is C16H22O3. The van der Waals surface area contributed by atoms with E-state index in [1.807, 2.05) is 45.0 Å². The van der Waals surface area contributed by atoms with Gasteiger partial charge in [-0.25, -0.2) is 0 Å². The van der Waals surface area contributed by atoms with Crippen molar-refractivity contribution in [2.75, 3.05) is 0 Å². The van der Waals surface area contributed by atoms with Crippen molar-refractivity contribution in [2.24, 2.45) is 5.41 Å². The van der Waals surface area contributed by atoms with Gasteiger partial charge in [0.15, 0.2) is 0 Å². The molecule has 0 spiro atoms. The molecule has 1 aromatic rings. The summed E-state index contributed by atoms with van der Waals surface area (Å²) in [5.74, 6) is -0.295. The van der Waals surface area contributed by atoms with E-state index < -0.39 is 11.0 Å². The summed E-state index contributed by atoms with van der Waals surface area (Å²) < 4.78 is 5.40. The summed E-state index contributed by atoms with van der Waals surface area (Å²) >= 11 is 0. The van der Waals surface area contributed by atoms with E-state index in [9.17, 15) is 9.90 Å². The molecule has 3 heteroatoms. The fourth-order valence-corrected chi connectivity index (χ4v) is 3.12. The van der Waals surface area contributed by atoms with Crippen molar-refractivity contribution in [1.29, 1.82) is 0 Å². The Balaban J connectivity index is 2.32. The van der Waals surface area contributed by atoms with Gasteiger partial charge in [0.1, 0.15) is 11.7 Å². The molecule has 2 atom stereocenters. The van der Waals surface area contributed by atoms with Crippen molar-refractivity contribution < 1.29 is 14.6 Å². The Labute approximate surface area is 114 Å². The van der Waals surface area contributed by atoms with Gasteiger partial charge >= 0.3 is 5.97 Å². The minimum Gasteiger partial charge on any atom is -0.462 e. The molecule has 0 fully saturated rings. The molecule has 2 rings (SSSR count). The van der Waals surface area contributed by atoms with Gasteiger partial charge in [-0.15, -0.1) is 0 Å². The van der Waals surface area contributed by atoms with E-state index in [2.05, 4.69) is 0 Å². The van der Waals surface area contributed by atoms with Crippen molar-refractivity contribution in [3.05, 3.63) is 35.4 Å². The largest absolute Gasteiger partial charge is 0.462 e. The number of carbonyl (C=O) groups excluding carboxylic acids is 1. The quantitative estimate of drug-likeness (QED) is 0.849. The van der Waals surface area contributed by atoms with Crippen LogP contribution in [-0.4, -0.2) is 17.2 Å². The first-order valence-electron chi connectivity index (χ1n) is 6.81. The highest BCUT2D eigenvalue weighted by Crippen LogP contribution is 2.53. The lowest BCUT2D eigenvalue weighted by molar-refractivity contribution is -0.179. The first-order valence-corrected chi connectivity index (χ1v) is 6.81. The molecule has 0 amide bonds. The molecule has 1 N–H and O–H groups in total. The van der Waals surface area contributed by atoms with Gasteiger partial charge in [-0.3, -0.25) is 4.79 Å². The van der Waals surface area contributed by atoms with Crippen LogP contribution in [0.3, 0.4) is 0 Å². The van der Waals surface area contributed by atoms with Crippen LogP contribution in [0.25, 0.3) is 0 Å². The zero-order valence-corrected chi connectivity index (χ0v) is 12.1. The van der Waals surface area contributed by atoms with Crippen molar-refractivity contribution in [3.8, 4) is 0 Å². The number of benzene rings is 1. The predicted octanol–water partition coefficient (Wildman–Crippen LogP) is 2.80. The first-order chi connectivity index (χ1) is 8.83. The SMILES string of the molecule is CC[C@@H](OC(C)=O)C(C)(C)[C@@]1(O)Cc2ccccc21. The number of rotatable bonds is 4. The van der Waals surface area contributed by atoms with E-state index in [0.717, 1.165) is 5.56 Å². The molecule has 0 bridgehead atoms. The summed E-state index contributed by atoms with van der Waals surface area (Å²) in [4.78, 5) is 11.2. The fraction of sp³-hybridized carbons (Fsp3) is 0.562. The maximum absolute atomic E-state index is 11.2. The summed E-state index contributed by atoms with van der Waals surface area (Å²) in [7, 11) is 0. The van der Waals surface area contributed by atoms with Crippen LogP contribution >= 0.6 is 0 Å². The second-order valence-electron chi connectivity index (χ2n) is 5.92. The molecule has 0 saturated carbocycles. The van der Waals surface area contributed by atoms with Crippen LogP contribution < -0.4 is 0 Å². The summed E-state index contributed by atoms with van der Waals surface area (Å²) in [6, 6.07) is 7.91. The minimum absolute atomic E-state index is 0.289. The molecule has 0 saturated heterocycles. The number of ether oxygens (including phenoxy) is 1. The van der Waals surface area contributed by atoms with E-state index in [4.69, 9.17) is 4.74 Å². The molecule has 1 aliphatic carbocycles. The number of aliphatic hydroxyl groups is 1. The van der Waals surface area contributed by atoms with Gasteiger partial charge in [-0.1, -0.05) is 45.0 Å². The van der Waals surface area contributed by atoms with Crippen LogP contribution in [0.15, 0.2) is 24.3 Å². The van der Waals surface area contributed by atoms with Gasteiger partial charge in [0.25, 0.3) is 0 Å². The predicted molar refractivity (Wildman–Crippen MR) is 73.7 cm³/mol. The van der Waals surface area contributed by atoms with Crippen molar-refractivity contribution in [1.82, 2.24) is 0 Å². The Hall–Kier alpha value is -1.35. The molecular weight excluding hydrogens is 240 g/mol. The summed E-state index contributed by atoms with van der Waals surface area (Å²) in [6.07, 6.45) is 1.02. The van der Waals surface area contributed by atoms with Crippen molar-refractivity contribution in [2.45, 2.75) is 52.2 Å². The molecule has 3 nitrogen and oxygen atoms in total. The highest BCUT2D eigenvalue weighted by atomic mass is 16.5. The van der Waals surface area contributed by atoms with Crippen LogP contribution in [0.4, 0.5) is 0 Å². The van der Waals surface area contributed by atoms with Crippen molar-refractivity contribution >= 4 is 5.97 Å². The number of carbonyl (C=O) groups is 1. The van der Waals surface area contributed by atoms with Gasteiger partial charge < -0.3 is 9.84 Å². The molecule has 1 aliphatic rings. The van der Waals surface area contributed by atoms with Gasteiger partial charge in [0.2, 0.25) is 0 Å². The molecule has 0 unspecified atom stereocenters. The Morgan fingerprint density at radius 1 is 1.47 bits per heavy atom. The highest BCUT2D eigenvalue weighted by Gasteiger charge is 2.55. The Bertz CT molecular complexity index is 493. The first kappa shape index (κ1) is 14.1. The lowest BCUT2D eigenvalue weighted by Crippen LogP contribution is -2.56. The molecule has 0 aliphatic heterocycles. The minimum atomic E-state index is -0.917. The van der Waals surface area contributed by atoms with Gasteiger partial charge in [0, 0.05) is 18.8 Å². The topological polar surface area (TPSA) is 46.5 Å². The maximum atomic E-state index is 11.2. The third-order valence-corrected chi connectivity index (χ3v) is 4.46. The Morgan fingerprint density at radius 2 is 2.11 bits per heavy atom. The molecule has 0 aromatic heterocycles. The van der Waals surface area contributed by atoms with Crippen LogP contribution in [0.1, 0.15) is 45.2 Å². The third-order valence-electron chi connectivity index (χ3n) is 4.46. The smallest absolute Gasteiger partial charge is 0.302 e. The summed E-state index contributed by atoms with van der Waals surface area (Å²) in [5, 5.41) is 11.0. The number of fused-ring (bicyclic) bond motifs is 1.